The quantitative estimate of drug-likeness (QED) is 0.618. The molecule has 0 heterocycles. The first-order valence-electron chi connectivity index (χ1n) is 10.8. The van der Waals surface area contributed by atoms with Crippen LogP contribution >= 0.6 is 0 Å². The number of rotatable bonds is 8. The average Bonchev–Trinajstić information content (AvgIpc) is 2.74. The number of amides is 1. The zero-order chi connectivity index (χ0) is 20.6. The van der Waals surface area contributed by atoms with Crippen molar-refractivity contribution >= 4 is 6.09 Å². The van der Waals surface area contributed by atoms with Crippen molar-refractivity contribution in [2.45, 2.75) is 64.7 Å². The maximum atomic E-state index is 10.9. The third kappa shape index (κ3) is 6.33. The van der Waals surface area contributed by atoms with Crippen molar-refractivity contribution in [1.82, 2.24) is 10.2 Å². The average molecular weight is 395 g/mol. The summed E-state index contributed by atoms with van der Waals surface area (Å²) >= 11 is 0. The first-order valence-corrected chi connectivity index (χ1v) is 10.8. The van der Waals surface area contributed by atoms with E-state index < -0.39 is 6.09 Å². The van der Waals surface area contributed by atoms with Gasteiger partial charge in [0.05, 0.1) is 0 Å². The molecule has 2 N–H and O–H groups in total. The third-order valence-electron chi connectivity index (χ3n) is 6.59. The molecule has 1 unspecified atom stereocenters. The van der Waals surface area contributed by atoms with Crippen LogP contribution in [0.15, 0.2) is 60.7 Å². The molecule has 2 atom stereocenters. The van der Waals surface area contributed by atoms with E-state index in [0.717, 1.165) is 38.8 Å². The Balaban J connectivity index is 1.64. The summed E-state index contributed by atoms with van der Waals surface area (Å²) in [6.07, 6.45) is 3.61. The molecule has 0 radical (unpaired) electrons. The fourth-order valence-corrected chi connectivity index (χ4v) is 4.72. The van der Waals surface area contributed by atoms with Crippen LogP contribution in [-0.4, -0.2) is 28.2 Å². The highest BCUT2D eigenvalue weighted by Gasteiger charge is 2.31. The molecule has 1 fully saturated rings. The minimum atomic E-state index is -0.912. The molecule has 1 saturated carbocycles. The van der Waals surface area contributed by atoms with E-state index in [1.165, 1.54) is 11.1 Å². The van der Waals surface area contributed by atoms with Crippen molar-refractivity contribution < 1.29 is 9.90 Å². The standard InChI is InChI=1S/C25H34N2O2/c1-19(26-25(28)29)23-13-15-24(16-14-23)20(2)27(17-21-9-5-3-6-10-21)18-22-11-7-4-8-12-22/h3-12,19-20,23-24,26H,13-18H2,1-2H3,(H,28,29)/t19?,20-,23?,24?/m0/s1. The molecule has 0 saturated heterocycles. The molecule has 4 heteroatoms. The fourth-order valence-electron chi connectivity index (χ4n) is 4.72. The van der Waals surface area contributed by atoms with Crippen molar-refractivity contribution in [1.29, 1.82) is 0 Å². The highest BCUT2D eigenvalue weighted by atomic mass is 16.4. The summed E-state index contributed by atoms with van der Waals surface area (Å²) in [4.78, 5) is 13.5. The zero-order valence-corrected chi connectivity index (χ0v) is 17.6. The van der Waals surface area contributed by atoms with E-state index in [1.54, 1.807) is 0 Å². The van der Waals surface area contributed by atoms with E-state index in [4.69, 9.17) is 5.11 Å². The third-order valence-corrected chi connectivity index (χ3v) is 6.59. The van der Waals surface area contributed by atoms with Crippen LogP contribution < -0.4 is 5.32 Å². The molecule has 156 valence electrons. The molecule has 0 aliphatic heterocycles. The van der Waals surface area contributed by atoms with Gasteiger partial charge < -0.3 is 10.4 Å². The Bertz CT molecular complexity index is 700. The van der Waals surface area contributed by atoms with Gasteiger partial charge in [-0.05, 0) is 62.5 Å². The SMILES string of the molecule is CC(NC(=O)O)C1CCC([C@H](C)N(Cc2ccccc2)Cc2ccccc2)CC1. The second-order valence-electron chi connectivity index (χ2n) is 8.53. The van der Waals surface area contributed by atoms with Gasteiger partial charge in [0, 0.05) is 25.2 Å². The van der Waals surface area contributed by atoms with E-state index in [0.29, 0.717) is 17.9 Å². The smallest absolute Gasteiger partial charge is 0.404 e. The first kappa shape index (κ1) is 21.4. The minimum Gasteiger partial charge on any atom is -0.465 e. The predicted octanol–water partition coefficient (Wildman–Crippen LogP) is 5.54. The van der Waals surface area contributed by atoms with Crippen LogP contribution in [-0.2, 0) is 13.1 Å². The summed E-state index contributed by atoms with van der Waals surface area (Å²) < 4.78 is 0. The Hall–Kier alpha value is -2.33. The number of nitrogens with zero attached hydrogens (tertiary/aromatic N) is 1. The van der Waals surface area contributed by atoms with Crippen LogP contribution in [0.3, 0.4) is 0 Å². The Labute approximate surface area is 174 Å². The maximum Gasteiger partial charge on any atom is 0.404 e. The number of hydrogen-bond acceptors (Lipinski definition) is 2. The van der Waals surface area contributed by atoms with Crippen molar-refractivity contribution in [3.8, 4) is 0 Å². The topological polar surface area (TPSA) is 52.6 Å². The molecule has 1 amide bonds. The summed E-state index contributed by atoms with van der Waals surface area (Å²) in [7, 11) is 0. The van der Waals surface area contributed by atoms with Crippen LogP contribution in [0.25, 0.3) is 0 Å². The Morgan fingerprint density at radius 2 is 1.34 bits per heavy atom. The van der Waals surface area contributed by atoms with Crippen LogP contribution in [0, 0.1) is 11.8 Å². The van der Waals surface area contributed by atoms with Gasteiger partial charge in [-0.3, -0.25) is 4.90 Å². The molecule has 3 rings (SSSR count). The van der Waals surface area contributed by atoms with Gasteiger partial charge >= 0.3 is 6.09 Å². The van der Waals surface area contributed by atoms with E-state index in [9.17, 15) is 4.79 Å². The lowest BCUT2D eigenvalue weighted by Gasteiger charge is -2.40. The van der Waals surface area contributed by atoms with Gasteiger partial charge in [0.1, 0.15) is 0 Å². The number of benzene rings is 2. The van der Waals surface area contributed by atoms with Crippen LogP contribution in [0.2, 0.25) is 0 Å². The Kier molecular flexibility index (Phi) is 7.70. The van der Waals surface area contributed by atoms with Gasteiger partial charge in [-0.25, -0.2) is 4.79 Å². The Morgan fingerprint density at radius 1 is 0.897 bits per heavy atom. The van der Waals surface area contributed by atoms with Crippen LogP contribution in [0.5, 0.6) is 0 Å². The second-order valence-corrected chi connectivity index (χ2v) is 8.53. The van der Waals surface area contributed by atoms with Gasteiger partial charge in [-0.2, -0.15) is 0 Å². The molecule has 1 aliphatic rings. The van der Waals surface area contributed by atoms with Gasteiger partial charge in [0.25, 0.3) is 0 Å². The molecule has 29 heavy (non-hydrogen) atoms. The molecule has 0 bridgehead atoms. The van der Waals surface area contributed by atoms with E-state index in [2.05, 4.69) is 77.8 Å². The van der Waals surface area contributed by atoms with Crippen molar-refractivity contribution in [3.05, 3.63) is 71.8 Å². The van der Waals surface area contributed by atoms with Gasteiger partial charge in [-0.1, -0.05) is 60.7 Å². The van der Waals surface area contributed by atoms with Crippen molar-refractivity contribution in [3.63, 3.8) is 0 Å². The van der Waals surface area contributed by atoms with Crippen LogP contribution in [0.4, 0.5) is 4.79 Å². The molecule has 1 aliphatic carbocycles. The number of nitrogens with one attached hydrogen (secondary N) is 1. The van der Waals surface area contributed by atoms with E-state index in [-0.39, 0.29) is 6.04 Å². The van der Waals surface area contributed by atoms with Crippen molar-refractivity contribution in [2.24, 2.45) is 11.8 Å². The summed E-state index contributed by atoms with van der Waals surface area (Å²) in [6.45, 7) is 6.27. The molecular formula is C25H34N2O2. The summed E-state index contributed by atoms with van der Waals surface area (Å²) in [5.74, 6) is 1.10. The maximum absolute atomic E-state index is 10.9. The van der Waals surface area contributed by atoms with E-state index in [1.807, 2.05) is 6.92 Å². The van der Waals surface area contributed by atoms with E-state index >= 15 is 0 Å². The van der Waals surface area contributed by atoms with Crippen LogP contribution in [0.1, 0.15) is 50.7 Å². The number of hydrogen-bond donors (Lipinski definition) is 2. The molecule has 2 aromatic rings. The lowest BCUT2D eigenvalue weighted by atomic mass is 9.76. The van der Waals surface area contributed by atoms with Gasteiger partial charge in [0.15, 0.2) is 0 Å². The number of carbonyl (C=O) groups is 1. The lowest BCUT2D eigenvalue weighted by molar-refractivity contribution is 0.0968. The number of carboxylic acid groups (broad SMARTS) is 1. The first-order chi connectivity index (χ1) is 14.0. The lowest BCUT2D eigenvalue weighted by Crippen LogP contribution is -2.42. The fraction of sp³-hybridized carbons (Fsp3) is 0.480. The summed E-state index contributed by atoms with van der Waals surface area (Å²) in [6, 6.07) is 22.0. The van der Waals surface area contributed by atoms with Gasteiger partial charge in [-0.15, -0.1) is 0 Å². The second kappa shape index (κ2) is 10.4. The summed E-state index contributed by atoms with van der Waals surface area (Å²) in [5, 5.41) is 11.6. The largest absolute Gasteiger partial charge is 0.465 e. The zero-order valence-electron chi connectivity index (χ0n) is 17.6. The van der Waals surface area contributed by atoms with Gasteiger partial charge in [0.2, 0.25) is 0 Å². The molecule has 0 spiro atoms. The molecule has 4 nitrogen and oxygen atoms in total. The summed E-state index contributed by atoms with van der Waals surface area (Å²) in [5.41, 5.74) is 2.70. The minimum absolute atomic E-state index is 0.0356. The Morgan fingerprint density at radius 3 is 1.79 bits per heavy atom. The molecular weight excluding hydrogens is 360 g/mol. The normalized spacial score (nSPS) is 21.5. The highest BCUT2D eigenvalue weighted by Crippen LogP contribution is 2.35. The highest BCUT2D eigenvalue weighted by molar-refractivity contribution is 5.64. The molecule has 0 aromatic heterocycles. The monoisotopic (exact) mass is 394 g/mol. The molecule has 2 aromatic carbocycles. The predicted molar refractivity (Wildman–Crippen MR) is 118 cm³/mol. The van der Waals surface area contributed by atoms with Crippen molar-refractivity contribution in [2.75, 3.05) is 0 Å².